The van der Waals surface area contributed by atoms with Crippen molar-refractivity contribution in [2.75, 3.05) is 6.54 Å². The zero-order valence-corrected chi connectivity index (χ0v) is 25.3. The number of nitrogens with two attached hydrogens (primary N) is 1. The molecule has 2 amide bonds. The normalized spacial score (nSPS) is 16.6. The first-order valence-electron chi connectivity index (χ1n) is 13.9. The first-order chi connectivity index (χ1) is 22.0. The zero-order valence-electron chi connectivity index (χ0n) is 24.1. The van der Waals surface area contributed by atoms with Crippen LogP contribution in [0.4, 0.5) is 35.1 Å². The predicted molar refractivity (Wildman–Crippen MR) is 159 cm³/mol. The number of hydrogen-bond donors (Lipinski definition) is 1. The van der Waals surface area contributed by atoms with Crippen LogP contribution < -0.4 is 15.8 Å². The molecule has 4 aromatic rings. The first-order valence-corrected chi connectivity index (χ1v) is 14.5. The molecule has 5 nitrogen and oxygen atoms in total. The molecule has 5 rings (SSSR count). The quantitative estimate of drug-likeness (QED) is 0.163. The smallest absolute Gasteiger partial charge is 0.428 e. The van der Waals surface area contributed by atoms with Gasteiger partial charge in [0.05, 0.1) is 11.1 Å². The number of benzene rings is 4. The Kier molecular flexibility index (Phi) is 9.07. The fourth-order valence-electron chi connectivity index (χ4n) is 5.85. The number of alkyl halides is 7. The van der Waals surface area contributed by atoms with E-state index >= 15 is 4.39 Å². The second-order valence-electron chi connectivity index (χ2n) is 10.9. The molecule has 0 aromatic heterocycles. The van der Waals surface area contributed by atoms with Gasteiger partial charge in [-0.2, -0.15) is 30.7 Å². The monoisotopic (exact) mass is 680 g/mol. The number of nitrogens with zero attached hydrogens (tertiary/aromatic N) is 1. The molecule has 0 radical (unpaired) electrons. The summed E-state index contributed by atoms with van der Waals surface area (Å²) in [4.78, 5) is 27.6. The van der Waals surface area contributed by atoms with Crippen molar-refractivity contribution in [3.63, 3.8) is 0 Å². The molecule has 0 saturated carbocycles. The second-order valence-corrected chi connectivity index (χ2v) is 11.5. The summed E-state index contributed by atoms with van der Waals surface area (Å²) in [7, 11) is 1.95. The van der Waals surface area contributed by atoms with E-state index in [-0.39, 0.29) is 46.9 Å². The number of rotatable bonds is 8. The number of primary amides is 1. The summed E-state index contributed by atoms with van der Waals surface area (Å²) in [6.07, 6.45) is -14.2. The Morgan fingerprint density at radius 3 is 2.23 bits per heavy atom. The van der Waals surface area contributed by atoms with Crippen LogP contribution in [0.25, 0.3) is 0 Å². The molecule has 0 fully saturated rings. The number of hydrogen-bond acceptors (Lipinski definition) is 3. The minimum atomic E-state index is -5.01. The van der Waals surface area contributed by atoms with E-state index in [2.05, 4.69) is 4.74 Å². The summed E-state index contributed by atoms with van der Waals surface area (Å²) in [5, 5.41) is -0.223. The molecule has 1 heterocycles. The first kappa shape index (κ1) is 33.8. The SMILES string of the molecule is NC(=O)c1ccc2c(c1)CCN(C(=O)c1ccc(P)c(C(F)(F)F)c1)[C@@]2(Cc1ccccc1)c1cc(F)cc(OC(F)(F)C(F)F)c1. The molecular formula is C33H25F8N2O3P. The van der Waals surface area contributed by atoms with Crippen molar-refractivity contribution in [1.29, 1.82) is 0 Å². The van der Waals surface area contributed by atoms with Crippen LogP contribution in [0, 0.1) is 5.82 Å². The van der Waals surface area contributed by atoms with Gasteiger partial charge in [-0.15, -0.1) is 9.24 Å². The van der Waals surface area contributed by atoms with E-state index in [4.69, 9.17) is 5.73 Å². The van der Waals surface area contributed by atoms with Crippen LogP contribution >= 0.6 is 9.24 Å². The van der Waals surface area contributed by atoms with E-state index in [1.165, 1.54) is 29.2 Å². The van der Waals surface area contributed by atoms with Gasteiger partial charge in [0.25, 0.3) is 5.91 Å². The zero-order chi connectivity index (χ0) is 34.3. The average Bonchev–Trinajstić information content (AvgIpc) is 3.00. The molecule has 0 bridgehead atoms. The molecule has 1 aliphatic heterocycles. The van der Waals surface area contributed by atoms with E-state index in [0.29, 0.717) is 23.3 Å². The van der Waals surface area contributed by atoms with Crippen molar-refractivity contribution < 1.29 is 49.4 Å². The number of fused-ring (bicyclic) bond motifs is 1. The van der Waals surface area contributed by atoms with Crippen molar-refractivity contribution in [1.82, 2.24) is 4.90 Å². The summed E-state index contributed by atoms with van der Waals surface area (Å²) < 4.78 is 115. The maximum atomic E-state index is 15.3. The van der Waals surface area contributed by atoms with Crippen LogP contribution in [0.1, 0.15) is 48.5 Å². The van der Waals surface area contributed by atoms with Crippen molar-refractivity contribution in [3.05, 3.63) is 130 Å². The molecule has 47 heavy (non-hydrogen) atoms. The van der Waals surface area contributed by atoms with Gasteiger partial charge < -0.3 is 15.4 Å². The Labute approximate surface area is 265 Å². The van der Waals surface area contributed by atoms with Crippen molar-refractivity contribution >= 4 is 26.4 Å². The molecule has 0 aliphatic carbocycles. The number of halogens is 8. The topological polar surface area (TPSA) is 72.6 Å². The van der Waals surface area contributed by atoms with Crippen LogP contribution in [0.3, 0.4) is 0 Å². The molecule has 246 valence electrons. The molecule has 0 saturated heterocycles. The highest BCUT2D eigenvalue weighted by Gasteiger charge is 2.49. The predicted octanol–water partition coefficient (Wildman–Crippen LogP) is 6.87. The van der Waals surface area contributed by atoms with Crippen molar-refractivity contribution in [3.8, 4) is 5.75 Å². The Morgan fingerprint density at radius 1 is 0.915 bits per heavy atom. The lowest BCUT2D eigenvalue weighted by Gasteiger charge is -2.49. The summed E-state index contributed by atoms with van der Waals surface area (Å²) >= 11 is 0. The minimum absolute atomic E-state index is 0.0642. The Morgan fingerprint density at radius 2 is 1.60 bits per heavy atom. The van der Waals surface area contributed by atoms with Gasteiger partial charge in [0.2, 0.25) is 5.91 Å². The standard InChI is InChI=1S/C33H25F8N2O3P/c34-23-14-22(15-24(16-23)46-33(40,41)30(35)36)31(17-18-4-2-1-3-5-18)25-8-6-20(28(42)44)12-19(25)10-11-43(31)29(45)21-7-9-27(47)26(13-21)32(37,38)39/h1-9,12-16,30H,10-11,17,47H2,(H2,42,44)/t31-/m0/s1. The fraction of sp³-hybridized carbons (Fsp3) is 0.212. The van der Waals surface area contributed by atoms with E-state index in [1.807, 2.05) is 9.24 Å². The lowest BCUT2D eigenvalue weighted by atomic mass is 9.71. The molecular weight excluding hydrogens is 655 g/mol. The molecule has 14 heteroatoms. The number of carbonyl (C=O) groups excluding carboxylic acids is 2. The van der Waals surface area contributed by atoms with Gasteiger partial charge in [-0.05, 0) is 70.4 Å². The van der Waals surface area contributed by atoms with Crippen molar-refractivity contribution in [2.24, 2.45) is 5.73 Å². The lowest BCUT2D eigenvalue weighted by molar-refractivity contribution is -0.253. The summed E-state index contributed by atoms with van der Waals surface area (Å²) in [6, 6.07) is 17.7. The highest BCUT2D eigenvalue weighted by Crippen LogP contribution is 2.46. The highest BCUT2D eigenvalue weighted by molar-refractivity contribution is 7.27. The van der Waals surface area contributed by atoms with Crippen LogP contribution in [-0.4, -0.2) is 35.8 Å². The van der Waals surface area contributed by atoms with Gasteiger partial charge in [0, 0.05) is 30.2 Å². The van der Waals surface area contributed by atoms with Crippen molar-refractivity contribution in [2.45, 2.75) is 37.1 Å². The third kappa shape index (κ3) is 6.67. The highest BCUT2D eigenvalue weighted by atomic mass is 31.0. The third-order valence-corrected chi connectivity index (χ3v) is 8.41. The largest absolute Gasteiger partial charge is 0.461 e. The van der Waals surface area contributed by atoms with Gasteiger partial charge in [-0.3, -0.25) is 9.59 Å². The van der Waals surface area contributed by atoms with Crippen LogP contribution in [-0.2, 0) is 24.6 Å². The van der Waals surface area contributed by atoms with Crippen LogP contribution in [0.15, 0.2) is 84.9 Å². The average molecular weight is 681 g/mol. The Bertz CT molecular complexity index is 1830. The number of amides is 2. The van der Waals surface area contributed by atoms with E-state index < -0.39 is 53.2 Å². The lowest BCUT2D eigenvalue weighted by Crippen LogP contribution is -2.55. The Balaban J connectivity index is 1.82. The van der Waals surface area contributed by atoms with Gasteiger partial charge in [0.1, 0.15) is 11.6 Å². The van der Waals surface area contributed by atoms with E-state index in [1.54, 1.807) is 30.3 Å². The maximum Gasteiger partial charge on any atom is 0.461 e. The van der Waals surface area contributed by atoms with E-state index in [9.17, 15) is 40.3 Å². The molecule has 1 unspecified atom stereocenters. The summed E-state index contributed by atoms with van der Waals surface area (Å²) in [5.41, 5.74) is 3.27. The van der Waals surface area contributed by atoms with Gasteiger partial charge in [-0.25, -0.2) is 4.39 Å². The molecule has 4 aromatic carbocycles. The summed E-state index contributed by atoms with van der Waals surface area (Å²) in [6.45, 7) is -0.204. The molecule has 2 N–H and O–H groups in total. The number of ether oxygens (including phenoxy) is 1. The van der Waals surface area contributed by atoms with Gasteiger partial charge in [0.15, 0.2) is 0 Å². The molecule has 2 atom stereocenters. The Hall–Kier alpha value is -4.51. The molecule has 0 spiro atoms. The molecule has 1 aliphatic rings. The van der Waals surface area contributed by atoms with Crippen LogP contribution in [0.2, 0.25) is 0 Å². The fourth-order valence-corrected chi connectivity index (χ4v) is 6.19. The second kappa shape index (κ2) is 12.6. The third-order valence-electron chi connectivity index (χ3n) is 7.91. The maximum absolute atomic E-state index is 15.3. The minimum Gasteiger partial charge on any atom is -0.428 e. The van der Waals surface area contributed by atoms with Gasteiger partial charge in [-0.1, -0.05) is 42.5 Å². The summed E-state index contributed by atoms with van der Waals surface area (Å²) in [5.74, 6) is -3.88. The number of carbonyl (C=O) groups is 2. The van der Waals surface area contributed by atoms with Gasteiger partial charge >= 0.3 is 18.7 Å². The van der Waals surface area contributed by atoms with E-state index in [0.717, 1.165) is 18.2 Å². The van der Waals surface area contributed by atoms with Crippen LogP contribution in [0.5, 0.6) is 5.75 Å².